The molecule has 120 valence electrons. The van der Waals surface area contributed by atoms with Gasteiger partial charge in [-0.1, -0.05) is 29.0 Å². The second-order valence-electron chi connectivity index (χ2n) is 4.44. The van der Waals surface area contributed by atoms with Crippen molar-refractivity contribution in [3.05, 3.63) is 56.4 Å². The van der Waals surface area contributed by atoms with Crippen molar-refractivity contribution in [3.63, 3.8) is 0 Å². The van der Waals surface area contributed by atoms with Gasteiger partial charge >= 0.3 is 11.0 Å². The second-order valence-corrected chi connectivity index (χ2v) is 5.94. The lowest BCUT2D eigenvalue weighted by molar-refractivity contribution is -0.380. The van der Waals surface area contributed by atoms with E-state index in [2.05, 4.69) is 5.32 Å². The van der Waals surface area contributed by atoms with Gasteiger partial charge in [-0.3, -0.25) is 14.9 Å². The Kier molecular flexibility index (Phi) is 5.30. The number of amides is 1. The SMILES string of the molecule is C[C@@H](OC(=O)c1ccc([N+](=O)[O-])s1)C(=O)Nc1cccc(Cl)c1. The van der Waals surface area contributed by atoms with E-state index in [0.717, 1.165) is 0 Å². The number of halogens is 1. The third kappa shape index (κ3) is 4.51. The van der Waals surface area contributed by atoms with E-state index in [0.29, 0.717) is 22.0 Å². The van der Waals surface area contributed by atoms with Crippen LogP contribution < -0.4 is 5.32 Å². The number of nitro groups is 1. The molecule has 2 aromatic rings. The largest absolute Gasteiger partial charge is 0.448 e. The van der Waals surface area contributed by atoms with Crippen LogP contribution >= 0.6 is 22.9 Å². The number of carbonyl (C=O) groups is 2. The van der Waals surface area contributed by atoms with E-state index in [-0.39, 0.29) is 9.88 Å². The highest BCUT2D eigenvalue weighted by Gasteiger charge is 2.22. The molecule has 9 heteroatoms. The van der Waals surface area contributed by atoms with Gasteiger partial charge in [0.15, 0.2) is 6.10 Å². The van der Waals surface area contributed by atoms with Gasteiger partial charge in [-0.15, -0.1) is 0 Å². The molecular formula is C14H11ClN2O5S. The van der Waals surface area contributed by atoms with Gasteiger partial charge in [0.25, 0.3) is 5.91 Å². The number of esters is 1. The molecule has 1 heterocycles. The van der Waals surface area contributed by atoms with E-state index in [1.165, 1.54) is 19.1 Å². The number of nitrogens with one attached hydrogen (secondary N) is 1. The Morgan fingerprint density at radius 1 is 1.35 bits per heavy atom. The molecule has 2 rings (SSSR count). The maximum atomic E-state index is 12.0. The van der Waals surface area contributed by atoms with Crippen LogP contribution in [0.5, 0.6) is 0 Å². The lowest BCUT2D eigenvalue weighted by atomic mass is 10.3. The minimum absolute atomic E-state index is 0.0547. The van der Waals surface area contributed by atoms with Gasteiger partial charge in [-0.05, 0) is 31.2 Å². The van der Waals surface area contributed by atoms with Crippen molar-refractivity contribution in [1.82, 2.24) is 0 Å². The first-order valence-electron chi connectivity index (χ1n) is 6.38. The molecular weight excluding hydrogens is 344 g/mol. The maximum Gasteiger partial charge on any atom is 0.349 e. The molecule has 0 aliphatic rings. The molecule has 1 amide bonds. The summed E-state index contributed by atoms with van der Waals surface area (Å²) < 4.78 is 5.00. The lowest BCUT2D eigenvalue weighted by Crippen LogP contribution is -2.29. The van der Waals surface area contributed by atoms with E-state index >= 15 is 0 Å². The molecule has 1 N–H and O–H groups in total. The number of nitrogens with zero attached hydrogens (tertiary/aromatic N) is 1. The van der Waals surface area contributed by atoms with Crippen LogP contribution in [0, 0.1) is 10.1 Å². The predicted octanol–water partition coefficient (Wildman–Crippen LogP) is 3.49. The van der Waals surface area contributed by atoms with Gasteiger partial charge in [-0.2, -0.15) is 0 Å². The molecule has 0 radical (unpaired) electrons. The monoisotopic (exact) mass is 354 g/mol. The number of hydrogen-bond donors (Lipinski definition) is 1. The number of rotatable bonds is 5. The fourth-order valence-electron chi connectivity index (χ4n) is 1.62. The van der Waals surface area contributed by atoms with E-state index < -0.39 is 22.9 Å². The zero-order valence-electron chi connectivity index (χ0n) is 11.8. The van der Waals surface area contributed by atoms with E-state index in [1.807, 2.05) is 0 Å². The summed E-state index contributed by atoms with van der Waals surface area (Å²) >= 11 is 6.50. The van der Waals surface area contributed by atoms with Crippen molar-refractivity contribution >= 4 is 45.5 Å². The Morgan fingerprint density at radius 2 is 2.09 bits per heavy atom. The summed E-state index contributed by atoms with van der Waals surface area (Å²) in [6.07, 6.45) is -1.07. The summed E-state index contributed by atoms with van der Waals surface area (Å²) in [6.45, 7) is 1.40. The topological polar surface area (TPSA) is 98.5 Å². The van der Waals surface area contributed by atoms with Gasteiger partial charge in [0.2, 0.25) is 0 Å². The zero-order chi connectivity index (χ0) is 17.0. The Labute approximate surface area is 140 Å². The molecule has 0 spiro atoms. The van der Waals surface area contributed by atoms with Crippen LogP contribution in [0.15, 0.2) is 36.4 Å². The van der Waals surface area contributed by atoms with E-state index in [4.69, 9.17) is 16.3 Å². The molecule has 0 fully saturated rings. The number of ether oxygens (including phenoxy) is 1. The minimum atomic E-state index is -1.07. The second kappa shape index (κ2) is 7.21. The van der Waals surface area contributed by atoms with Crippen molar-refractivity contribution in [2.24, 2.45) is 0 Å². The lowest BCUT2D eigenvalue weighted by Gasteiger charge is -2.13. The third-order valence-corrected chi connectivity index (χ3v) is 3.97. The van der Waals surface area contributed by atoms with Crippen molar-refractivity contribution in [3.8, 4) is 0 Å². The summed E-state index contributed by atoms with van der Waals surface area (Å²) in [5.41, 5.74) is 0.470. The number of thiophene rings is 1. The van der Waals surface area contributed by atoms with Crippen LogP contribution in [0.3, 0.4) is 0 Å². The Balaban J connectivity index is 1.97. The average molecular weight is 355 g/mol. The first-order chi connectivity index (χ1) is 10.9. The molecule has 23 heavy (non-hydrogen) atoms. The van der Waals surface area contributed by atoms with Gasteiger partial charge < -0.3 is 10.1 Å². The minimum Gasteiger partial charge on any atom is -0.448 e. The van der Waals surface area contributed by atoms with Crippen LogP contribution in [0.1, 0.15) is 16.6 Å². The Morgan fingerprint density at radius 3 is 2.70 bits per heavy atom. The van der Waals surface area contributed by atoms with Crippen LogP contribution in [0.2, 0.25) is 5.02 Å². The summed E-state index contributed by atoms with van der Waals surface area (Å²) in [4.78, 5) is 33.9. The highest BCUT2D eigenvalue weighted by Crippen LogP contribution is 2.25. The number of carbonyl (C=O) groups excluding carboxylic acids is 2. The highest BCUT2D eigenvalue weighted by molar-refractivity contribution is 7.17. The normalized spacial score (nSPS) is 11.6. The first kappa shape index (κ1) is 16.9. The summed E-state index contributed by atoms with van der Waals surface area (Å²) in [6, 6.07) is 9.01. The van der Waals surface area contributed by atoms with Gasteiger partial charge in [0.1, 0.15) is 4.88 Å². The van der Waals surface area contributed by atoms with Crippen LogP contribution in [0.4, 0.5) is 10.7 Å². The number of anilines is 1. The molecule has 1 aromatic heterocycles. The Bertz CT molecular complexity index is 761. The maximum absolute atomic E-state index is 12.0. The molecule has 0 aliphatic heterocycles. The quantitative estimate of drug-likeness (QED) is 0.503. The van der Waals surface area contributed by atoms with Crippen molar-refractivity contribution in [2.75, 3.05) is 5.32 Å². The molecule has 0 bridgehead atoms. The molecule has 1 aromatic carbocycles. The summed E-state index contributed by atoms with van der Waals surface area (Å²) in [5, 5.41) is 13.4. The first-order valence-corrected chi connectivity index (χ1v) is 7.58. The number of benzene rings is 1. The zero-order valence-corrected chi connectivity index (χ0v) is 13.4. The number of hydrogen-bond acceptors (Lipinski definition) is 6. The van der Waals surface area contributed by atoms with Gasteiger partial charge in [0.05, 0.1) is 4.92 Å². The van der Waals surface area contributed by atoms with Gasteiger partial charge in [-0.25, -0.2) is 4.79 Å². The van der Waals surface area contributed by atoms with Crippen molar-refractivity contribution < 1.29 is 19.2 Å². The highest BCUT2D eigenvalue weighted by atomic mass is 35.5. The molecule has 0 aliphatic carbocycles. The third-order valence-electron chi connectivity index (χ3n) is 2.72. The average Bonchev–Trinajstić information content (AvgIpc) is 2.97. The van der Waals surface area contributed by atoms with Crippen molar-refractivity contribution in [2.45, 2.75) is 13.0 Å². The van der Waals surface area contributed by atoms with Crippen LogP contribution in [0.25, 0.3) is 0 Å². The van der Waals surface area contributed by atoms with Gasteiger partial charge in [0, 0.05) is 16.8 Å². The van der Waals surface area contributed by atoms with Crippen LogP contribution in [-0.4, -0.2) is 22.9 Å². The predicted molar refractivity (Wildman–Crippen MR) is 85.9 cm³/mol. The van der Waals surface area contributed by atoms with E-state index in [9.17, 15) is 19.7 Å². The summed E-state index contributed by atoms with van der Waals surface area (Å²) in [5.74, 6) is -1.33. The van der Waals surface area contributed by atoms with E-state index in [1.54, 1.807) is 24.3 Å². The molecule has 0 unspecified atom stereocenters. The van der Waals surface area contributed by atoms with Crippen molar-refractivity contribution in [1.29, 1.82) is 0 Å². The molecule has 1 atom stereocenters. The Hall–Kier alpha value is -2.45. The summed E-state index contributed by atoms with van der Waals surface area (Å²) in [7, 11) is 0. The standard InChI is InChI=1S/C14H11ClN2O5S/c1-8(13(18)16-10-4-2-3-9(15)7-10)22-14(19)11-5-6-12(23-11)17(20)21/h2-8H,1H3,(H,16,18)/t8-/m1/s1. The molecule has 0 saturated heterocycles. The smallest absolute Gasteiger partial charge is 0.349 e. The van der Waals surface area contributed by atoms with Crippen LogP contribution in [-0.2, 0) is 9.53 Å². The fourth-order valence-corrected chi connectivity index (χ4v) is 2.51. The molecule has 0 saturated carbocycles. The fraction of sp³-hybridized carbons (Fsp3) is 0.143. The molecule has 7 nitrogen and oxygen atoms in total.